The highest BCUT2D eigenvalue weighted by atomic mass is 16.5. The molecule has 1 N–H and O–H groups in total. The lowest BCUT2D eigenvalue weighted by Gasteiger charge is -2.20. The smallest absolute Gasteiger partial charge is 0.0949 e. The molecule has 1 saturated carbocycles. The van der Waals surface area contributed by atoms with Crippen LogP contribution in [0.3, 0.4) is 0 Å². The van der Waals surface area contributed by atoms with E-state index in [4.69, 9.17) is 4.74 Å². The van der Waals surface area contributed by atoms with Gasteiger partial charge < -0.3 is 10.1 Å². The van der Waals surface area contributed by atoms with Crippen molar-refractivity contribution in [3.8, 4) is 0 Å². The van der Waals surface area contributed by atoms with Crippen molar-refractivity contribution in [3.63, 3.8) is 0 Å². The number of benzene rings is 1. The van der Waals surface area contributed by atoms with Gasteiger partial charge in [-0.05, 0) is 38.3 Å². The predicted molar refractivity (Wildman–Crippen MR) is 75.8 cm³/mol. The van der Waals surface area contributed by atoms with Crippen molar-refractivity contribution in [2.75, 3.05) is 20.2 Å². The molecule has 2 heteroatoms. The summed E-state index contributed by atoms with van der Waals surface area (Å²) in [7, 11) is 1.99. The second kappa shape index (κ2) is 6.91. The molecule has 18 heavy (non-hydrogen) atoms. The number of hydrogen-bond donors (Lipinski definition) is 1. The van der Waals surface area contributed by atoms with Gasteiger partial charge in [0.1, 0.15) is 0 Å². The first-order valence-corrected chi connectivity index (χ1v) is 7.12. The zero-order valence-electron chi connectivity index (χ0n) is 11.6. The van der Waals surface area contributed by atoms with Crippen LogP contribution >= 0.6 is 0 Å². The number of nitrogens with one attached hydrogen (secondary N) is 1. The van der Waals surface area contributed by atoms with Crippen molar-refractivity contribution in [2.24, 2.45) is 5.92 Å². The average molecular weight is 247 g/mol. The number of rotatable bonds is 6. The SMILES string of the molecule is CNCC(OCC1CCCC1)c1ccc(C)cc1. The number of ether oxygens (including phenoxy) is 1. The molecule has 0 heterocycles. The number of aryl methyl sites for hydroxylation is 1. The molecule has 1 atom stereocenters. The third-order valence-electron chi connectivity index (χ3n) is 3.85. The minimum atomic E-state index is 0.191. The van der Waals surface area contributed by atoms with Crippen LogP contribution in [0.2, 0.25) is 0 Å². The lowest BCUT2D eigenvalue weighted by molar-refractivity contribution is 0.0306. The van der Waals surface area contributed by atoms with Crippen molar-refractivity contribution in [2.45, 2.75) is 38.7 Å². The lowest BCUT2D eigenvalue weighted by Crippen LogP contribution is -2.21. The summed E-state index contributed by atoms with van der Waals surface area (Å²) in [5.41, 5.74) is 2.59. The summed E-state index contributed by atoms with van der Waals surface area (Å²) in [6.07, 6.45) is 5.65. The molecule has 100 valence electrons. The molecule has 0 aromatic heterocycles. The summed E-state index contributed by atoms with van der Waals surface area (Å²) in [4.78, 5) is 0. The average Bonchev–Trinajstić information content (AvgIpc) is 2.89. The molecule has 1 fully saturated rings. The molecule has 1 aliphatic carbocycles. The number of likely N-dealkylation sites (N-methyl/N-ethyl adjacent to an activating group) is 1. The van der Waals surface area contributed by atoms with Crippen LogP contribution in [-0.4, -0.2) is 20.2 Å². The molecule has 1 aromatic rings. The summed E-state index contributed by atoms with van der Waals surface area (Å²) < 4.78 is 6.13. The van der Waals surface area contributed by atoms with Gasteiger partial charge >= 0.3 is 0 Å². The fourth-order valence-corrected chi connectivity index (χ4v) is 2.67. The highest BCUT2D eigenvalue weighted by Gasteiger charge is 2.18. The Bertz CT molecular complexity index is 341. The molecule has 2 rings (SSSR count). The minimum Gasteiger partial charge on any atom is -0.372 e. The summed E-state index contributed by atoms with van der Waals surface area (Å²) in [5.74, 6) is 0.787. The van der Waals surface area contributed by atoms with Gasteiger partial charge in [-0.3, -0.25) is 0 Å². The van der Waals surface area contributed by atoms with Crippen LogP contribution in [0.4, 0.5) is 0 Å². The Morgan fingerprint density at radius 3 is 2.50 bits per heavy atom. The topological polar surface area (TPSA) is 21.3 Å². The van der Waals surface area contributed by atoms with E-state index in [-0.39, 0.29) is 6.10 Å². The fourth-order valence-electron chi connectivity index (χ4n) is 2.67. The Labute approximate surface area is 111 Å². The molecule has 1 unspecified atom stereocenters. The number of hydrogen-bond acceptors (Lipinski definition) is 2. The van der Waals surface area contributed by atoms with E-state index in [1.165, 1.54) is 36.8 Å². The molecular weight excluding hydrogens is 222 g/mol. The Morgan fingerprint density at radius 1 is 1.22 bits per heavy atom. The van der Waals surface area contributed by atoms with Crippen molar-refractivity contribution in [1.82, 2.24) is 5.32 Å². The first-order valence-electron chi connectivity index (χ1n) is 7.12. The first-order chi connectivity index (χ1) is 8.79. The maximum Gasteiger partial charge on any atom is 0.0949 e. The molecule has 1 aromatic carbocycles. The first kappa shape index (κ1) is 13.6. The fraction of sp³-hybridized carbons (Fsp3) is 0.625. The maximum absolute atomic E-state index is 6.13. The van der Waals surface area contributed by atoms with Crippen LogP contribution in [-0.2, 0) is 4.74 Å². The van der Waals surface area contributed by atoms with E-state index in [0.29, 0.717) is 0 Å². The van der Waals surface area contributed by atoms with Gasteiger partial charge in [0, 0.05) is 6.54 Å². The van der Waals surface area contributed by atoms with E-state index in [1.807, 2.05) is 7.05 Å². The summed E-state index contributed by atoms with van der Waals surface area (Å²) >= 11 is 0. The normalized spacial score (nSPS) is 18.1. The van der Waals surface area contributed by atoms with Crippen molar-refractivity contribution >= 4 is 0 Å². The second-order valence-electron chi connectivity index (χ2n) is 5.44. The van der Waals surface area contributed by atoms with Crippen molar-refractivity contribution in [3.05, 3.63) is 35.4 Å². The van der Waals surface area contributed by atoms with Crippen LogP contribution in [0.1, 0.15) is 42.9 Å². The molecule has 0 spiro atoms. The highest BCUT2D eigenvalue weighted by molar-refractivity contribution is 5.23. The van der Waals surface area contributed by atoms with Crippen LogP contribution < -0.4 is 5.32 Å². The molecule has 0 bridgehead atoms. The van der Waals surface area contributed by atoms with Gasteiger partial charge in [0.15, 0.2) is 0 Å². The Kier molecular flexibility index (Phi) is 5.21. The van der Waals surface area contributed by atoms with Crippen molar-refractivity contribution < 1.29 is 4.74 Å². The molecule has 0 saturated heterocycles. The van der Waals surface area contributed by atoms with Crippen LogP contribution in [0.15, 0.2) is 24.3 Å². The monoisotopic (exact) mass is 247 g/mol. The summed E-state index contributed by atoms with van der Waals surface area (Å²) in [5, 5.41) is 3.23. The minimum absolute atomic E-state index is 0.191. The third-order valence-corrected chi connectivity index (χ3v) is 3.85. The molecule has 0 radical (unpaired) electrons. The Balaban J connectivity index is 1.91. The second-order valence-corrected chi connectivity index (χ2v) is 5.44. The molecule has 0 amide bonds. The molecular formula is C16H25NO. The largest absolute Gasteiger partial charge is 0.372 e. The van der Waals surface area contributed by atoms with Gasteiger partial charge in [0.25, 0.3) is 0 Å². The van der Waals surface area contributed by atoms with E-state index in [0.717, 1.165) is 19.1 Å². The molecule has 1 aliphatic rings. The Morgan fingerprint density at radius 2 is 1.89 bits per heavy atom. The standard InChI is InChI=1S/C16H25NO/c1-13-7-9-15(10-8-13)16(11-17-2)18-12-14-5-3-4-6-14/h7-10,14,16-17H,3-6,11-12H2,1-2H3. The lowest BCUT2D eigenvalue weighted by atomic mass is 10.1. The predicted octanol–water partition coefficient (Wildman–Crippen LogP) is 3.46. The van der Waals surface area contributed by atoms with Gasteiger partial charge in [-0.25, -0.2) is 0 Å². The van der Waals surface area contributed by atoms with Crippen LogP contribution in [0, 0.1) is 12.8 Å². The molecule has 2 nitrogen and oxygen atoms in total. The summed E-state index contributed by atoms with van der Waals surface area (Å²) in [6.45, 7) is 3.92. The van der Waals surface area contributed by atoms with Gasteiger partial charge in [-0.1, -0.05) is 42.7 Å². The zero-order chi connectivity index (χ0) is 12.8. The highest BCUT2D eigenvalue weighted by Crippen LogP contribution is 2.27. The van der Waals surface area contributed by atoms with Crippen molar-refractivity contribution in [1.29, 1.82) is 0 Å². The van der Waals surface area contributed by atoms with Crippen LogP contribution in [0.5, 0.6) is 0 Å². The van der Waals surface area contributed by atoms with Crippen LogP contribution in [0.25, 0.3) is 0 Å². The maximum atomic E-state index is 6.13. The van der Waals surface area contributed by atoms with E-state index < -0.39 is 0 Å². The van der Waals surface area contributed by atoms with E-state index in [9.17, 15) is 0 Å². The van der Waals surface area contributed by atoms with E-state index in [2.05, 4.69) is 36.5 Å². The third kappa shape index (κ3) is 3.82. The quantitative estimate of drug-likeness (QED) is 0.831. The van der Waals surface area contributed by atoms with E-state index in [1.54, 1.807) is 0 Å². The van der Waals surface area contributed by atoms with E-state index >= 15 is 0 Å². The Hall–Kier alpha value is -0.860. The molecule has 0 aliphatic heterocycles. The van der Waals surface area contributed by atoms with Gasteiger partial charge in [0.05, 0.1) is 12.7 Å². The van der Waals surface area contributed by atoms with Gasteiger partial charge in [-0.15, -0.1) is 0 Å². The zero-order valence-corrected chi connectivity index (χ0v) is 11.6. The summed E-state index contributed by atoms with van der Waals surface area (Å²) in [6, 6.07) is 8.70. The van der Waals surface area contributed by atoms with Gasteiger partial charge in [-0.2, -0.15) is 0 Å². The van der Waals surface area contributed by atoms with Gasteiger partial charge in [0.2, 0.25) is 0 Å².